The second kappa shape index (κ2) is 6.12. The molecule has 2 rings (SSSR count). The van der Waals surface area contributed by atoms with Gasteiger partial charge in [-0.1, -0.05) is 0 Å². The molecule has 2 heterocycles. The van der Waals surface area contributed by atoms with Gasteiger partial charge < -0.3 is 8.83 Å². The van der Waals surface area contributed by atoms with Crippen LogP contribution in [0.25, 0.3) is 0 Å². The van der Waals surface area contributed by atoms with Crippen molar-refractivity contribution in [3.63, 3.8) is 0 Å². The average molecular weight is 268 g/mol. The SMILES string of the molecule is Cc1ccc(CN(CCCl)Cc2ccc(C)o2)o1. The van der Waals surface area contributed by atoms with Crippen LogP contribution in [0.2, 0.25) is 0 Å². The third kappa shape index (κ3) is 3.65. The standard InChI is InChI=1S/C14H18ClNO2/c1-11-3-5-13(17-11)9-16(8-7-15)10-14-6-4-12(2)18-14/h3-6H,7-10H2,1-2H3. The lowest BCUT2D eigenvalue weighted by Gasteiger charge is -2.18. The molecule has 2 aromatic rings. The molecule has 4 heteroatoms. The zero-order valence-electron chi connectivity index (χ0n) is 10.8. The van der Waals surface area contributed by atoms with Gasteiger partial charge in [0.25, 0.3) is 0 Å². The lowest BCUT2D eigenvalue weighted by atomic mass is 10.3. The highest BCUT2D eigenvalue weighted by molar-refractivity contribution is 6.18. The Morgan fingerprint density at radius 3 is 1.78 bits per heavy atom. The molecule has 0 amide bonds. The molecule has 0 saturated heterocycles. The molecule has 0 aliphatic carbocycles. The van der Waals surface area contributed by atoms with E-state index >= 15 is 0 Å². The summed E-state index contributed by atoms with van der Waals surface area (Å²) in [7, 11) is 0. The summed E-state index contributed by atoms with van der Waals surface area (Å²) < 4.78 is 11.2. The van der Waals surface area contributed by atoms with E-state index in [9.17, 15) is 0 Å². The van der Waals surface area contributed by atoms with Crippen molar-refractivity contribution in [3.05, 3.63) is 47.3 Å². The fourth-order valence-electron chi connectivity index (χ4n) is 1.91. The molecule has 0 aromatic carbocycles. The zero-order valence-corrected chi connectivity index (χ0v) is 11.5. The summed E-state index contributed by atoms with van der Waals surface area (Å²) >= 11 is 5.84. The van der Waals surface area contributed by atoms with E-state index in [0.29, 0.717) is 5.88 Å². The molecule has 98 valence electrons. The van der Waals surface area contributed by atoms with Crippen LogP contribution in [0.4, 0.5) is 0 Å². The Hall–Kier alpha value is -1.19. The Morgan fingerprint density at radius 2 is 1.44 bits per heavy atom. The number of alkyl halides is 1. The number of halogens is 1. The Balaban J connectivity index is 1.99. The Kier molecular flexibility index (Phi) is 4.50. The van der Waals surface area contributed by atoms with E-state index in [1.165, 1.54) is 0 Å². The van der Waals surface area contributed by atoms with Crippen molar-refractivity contribution in [3.8, 4) is 0 Å². The van der Waals surface area contributed by atoms with Crippen molar-refractivity contribution in [1.29, 1.82) is 0 Å². The normalized spacial score (nSPS) is 11.3. The van der Waals surface area contributed by atoms with Gasteiger partial charge in [0.1, 0.15) is 23.0 Å². The second-order valence-corrected chi connectivity index (χ2v) is 4.80. The summed E-state index contributed by atoms with van der Waals surface area (Å²) in [5, 5.41) is 0. The molecule has 0 aliphatic rings. The quantitative estimate of drug-likeness (QED) is 0.747. The van der Waals surface area contributed by atoms with Gasteiger partial charge in [-0.15, -0.1) is 11.6 Å². The van der Waals surface area contributed by atoms with Gasteiger partial charge in [-0.25, -0.2) is 0 Å². The first-order chi connectivity index (χ1) is 8.67. The van der Waals surface area contributed by atoms with E-state index in [-0.39, 0.29) is 0 Å². The minimum atomic E-state index is 0.597. The third-order valence-electron chi connectivity index (χ3n) is 2.75. The van der Waals surface area contributed by atoms with Gasteiger partial charge in [-0.05, 0) is 38.1 Å². The van der Waals surface area contributed by atoms with E-state index < -0.39 is 0 Å². The van der Waals surface area contributed by atoms with Gasteiger partial charge in [0, 0.05) is 12.4 Å². The van der Waals surface area contributed by atoms with Crippen molar-refractivity contribution < 1.29 is 8.83 Å². The molecule has 3 nitrogen and oxygen atoms in total. The molecular formula is C14H18ClNO2. The van der Waals surface area contributed by atoms with E-state index in [4.69, 9.17) is 20.4 Å². The predicted octanol–water partition coefficient (Wildman–Crippen LogP) is 3.73. The first-order valence-electron chi connectivity index (χ1n) is 6.06. The first kappa shape index (κ1) is 13.2. The molecule has 0 radical (unpaired) electrons. The van der Waals surface area contributed by atoms with Gasteiger partial charge in [-0.2, -0.15) is 0 Å². The average Bonchev–Trinajstić information content (AvgIpc) is 2.89. The van der Waals surface area contributed by atoms with E-state index in [2.05, 4.69) is 4.90 Å². The minimum Gasteiger partial charge on any atom is -0.465 e. The van der Waals surface area contributed by atoms with Crippen LogP contribution in [0.15, 0.2) is 33.1 Å². The summed E-state index contributed by atoms with van der Waals surface area (Å²) in [4.78, 5) is 2.21. The van der Waals surface area contributed by atoms with Crippen molar-refractivity contribution in [2.45, 2.75) is 26.9 Å². The number of furan rings is 2. The molecule has 0 aliphatic heterocycles. The topological polar surface area (TPSA) is 29.5 Å². The van der Waals surface area contributed by atoms with Gasteiger partial charge in [-0.3, -0.25) is 4.90 Å². The fourth-order valence-corrected chi connectivity index (χ4v) is 2.15. The van der Waals surface area contributed by atoms with Crippen molar-refractivity contribution in [2.75, 3.05) is 12.4 Å². The summed E-state index contributed by atoms with van der Waals surface area (Å²) in [6, 6.07) is 7.96. The lowest BCUT2D eigenvalue weighted by Crippen LogP contribution is -2.24. The van der Waals surface area contributed by atoms with E-state index in [1.54, 1.807) is 0 Å². The lowest BCUT2D eigenvalue weighted by molar-refractivity contribution is 0.227. The summed E-state index contributed by atoms with van der Waals surface area (Å²) in [6.45, 7) is 6.21. The summed E-state index contributed by atoms with van der Waals surface area (Å²) in [5.41, 5.74) is 0. The van der Waals surface area contributed by atoms with Crippen molar-refractivity contribution >= 4 is 11.6 Å². The molecule has 0 unspecified atom stereocenters. The molecule has 0 N–H and O–H groups in total. The van der Waals surface area contributed by atoms with Crippen LogP contribution in [-0.2, 0) is 13.1 Å². The van der Waals surface area contributed by atoms with E-state index in [1.807, 2.05) is 38.1 Å². The number of rotatable bonds is 6. The fraction of sp³-hybridized carbons (Fsp3) is 0.429. The Morgan fingerprint density at radius 1 is 0.944 bits per heavy atom. The number of hydrogen-bond acceptors (Lipinski definition) is 3. The summed E-state index contributed by atoms with van der Waals surface area (Å²) in [6.07, 6.45) is 0. The zero-order chi connectivity index (χ0) is 13.0. The van der Waals surface area contributed by atoms with Crippen LogP contribution in [0.5, 0.6) is 0 Å². The molecule has 0 fully saturated rings. The van der Waals surface area contributed by atoms with Crippen LogP contribution < -0.4 is 0 Å². The highest BCUT2D eigenvalue weighted by Crippen LogP contribution is 2.14. The molecule has 18 heavy (non-hydrogen) atoms. The van der Waals surface area contributed by atoms with Crippen LogP contribution in [0.3, 0.4) is 0 Å². The van der Waals surface area contributed by atoms with Crippen LogP contribution >= 0.6 is 11.6 Å². The number of nitrogens with zero attached hydrogens (tertiary/aromatic N) is 1. The first-order valence-corrected chi connectivity index (χ1v) is 6.60. The van der Waals surface area contributed by atoms with Gasteiger partial charge >= 0.3 is 0 Å². The highest BCUT2D eigenvalue weighted by atomic mass is 35.5. The van der Waals surface area contributed by atoms with Gasteiger partial charge in [0.05, 0.1) is 13.1 Å². The smallest absolute Gasteiger partial charge is 0.118 e. The van der Waals surface area contributed by atoms with Crippen molar-refractivity contribution in [2.24, 2.45) is 0 Å². The summed E-state index contributed by atoms with van der Waals surface area (Å²) in [5.74, 6) is 4.38. The third-order valence-corrected chi connectivity index (χ3v) is 2.92. The predicted molar refractivity (Wildman–Crippen MR) is 71.7 cm³/mol. The monoisotopic (exact) mass is 267 g/mol. The van der Waals surface area contributed by atoms with Crippen LogP contribution in [0, 0.1) is 13.8 Å². The van der Waals surface area contributed by atoms with Crippen molar-refractivity contribution in [1.82, 2.24) is 4.90 Å². The van der Waals surface area contributed by atoms with Crippen LogP contribution in [0.1, 0.15) is 23.0 Å². The molecule has 0 atom stereocenters. The maximum absolute atomic E-state index is 5.84. The van der Waals surface area contributed by atoms with Gasteiger partial charge in [0.2, 0.25) is 0 Å². The van der Waals surface area contributed by atoms with Crippen LogP contribution in [-0.4, -0.2) is 17.3 Å². The Labute approximate surface area is 112 Å². The minimum absolute atomic E-state index is 0.597. The number of hydrogen-bond donors (Lipinski definition) is 0. The Bertz CT molecular complexity index is 447. The largest absolute Gasteiger partial charge is 0.465 e. The molecule has 2 aromatic heterocycles. The van der Waals surface area contributed by atoms with Gasteiger partial charge in [0.15, 0.2) is 0 Å². The molecule has 0 bridgehead atoms. The molecular weight excluding hydrogens is 250 g/mol. The maximum atomic E-state index is 5.84. The highest BCUT2D eigenvalue weighted by Gasteiger charge is 2.11. The number of aryl methyl sites for hydroxylation is 2. The molecule has 0 saturated carbocycles. The van der Waals surface area contributed by atoms with E-state index in [0.717, 1.165) is 42.7 Å². The molecule has 0 spiro atoms. The second-order valence-electron chi connectivity index (χ2n) is 4.42. The maximum Gasteiger partial charge on any atom is 0.118 e.